The van der Waals surface area contributed by atoms with E-state index in [9.17, 15) is 8.78 Å². The molecule has 55 heavy (non-hydrogen) atoms. The summed E-state index contributed by atoms with van der Waals surface area (Å²) < 4.78 is 27.3. The van der Waals surface area contributed by atoms with Crippen molar-refractivity contribution in [1.82, 2.24) is 9.80 Å². The first-order valence-corrected chi connectivity index (χ1v) is 18.7. The molecule has 7 heteroatoms. The summed E-state index contributed by atoms with van der Waals surface area (Å²) in [7, 11) is 0. The van der Waals surface area contributed by atoms with Gasteiger partial charge in [0.2, 0.25) is 0 Å². The molecule has 0 saturated carbocycles. The monoisotopic (exact) mass is 758 g/mol. The topological polar surface area (TPSA) is 58.5 Å². The number of benzene rings is 6. The molecule has 6 aromatic carbocycles. The third-order valence-electron chi connectivity index (χ3n) is 10.7. The first kappa shape index (κ1) is 41.5. The second kappa shape index (κ2) is 19.3. The Morgan fingerprint density at radius 2 is 0.782 bits per heavy atom. The van der Waals surface area contributed by atoms with E-state index in [1.807, 2.05) is 60.7 Å². The van der Waals surface area contributed by atoms with Gasteiger partial charge in [-0.1, -0.05) is 160 Å². The highest BCUT2D eigenvalue weighted by molar-refractivity contribution is 6.30. The Morgan fingerprint density at radius 1 is 0.455 bits per heavy atom. The standard InChI is InChI=1S/C23H23ClN2.C23H22F2N2.2CH4/c24-20-13-11-17(12-14-20)22(25)21-15-16-26(21)23(18-7-3-1-4-8-18)19-9-5-2-6-10-19;24-19-13-18(14-20(25)15-19)22(26)21-11-12-27(21)23(16-7-3-1-4-8-16)17-9-5-2-6-10-17;;/h1-14,21-23H,15-16,25H2;1-10,13-15,21-23H,11-12,26H2;2*1H4/t;21-,22-;;/m.0../s1. The van der Waals surface area contributed by atoms with E-state index in [1.165, 1.54) is 34.4 Å². The van der Waals surface area contributed by atoms with Crippen molar-refractivity contribution in [2.45, 2.75) is 63.9 Å². The van der Waals surface area contributed by atoms with E-state index in [1.54, 1.807) is 0 Å². The number of nitrogens with two attached hydrogens (primary N) is 2. The Hall–Kier alpha value is -4.69. The Bertz CT molecular complexity index is 1930. The maximum atomic E-state index is 13.7. The summed E-state index contributed by atoms with van der Waals surface area (Å²) >= 11 is 6.03. The summed E-state index contributed by atoms with van der Waals surface area (Å²) in [6, 6.07) is 53.6. The summed E-state index contributed by atoms with van der Waals surface area (Å²) in [6.07, 6.45) is 2.01. The summed E-state index contributed by atoms with van der Waals surface area (Å²) in [4.78, 5) is 4.86. The Balaban J connectivity index is 0.000000204. The van der Waals surface area contributed by atoms with Gasteiger partial charge in [0.05, 0.1) is 12.1 Å². The molecule has 286 valence electrons. The summed E-state index contributed by atoms with van der Waals surface area (Å²) in [6.45, 7) is 1.95. The zero-order valence-electron chi connectivity index (χ0n) is 29.6. The number of rotatable bonds is 10. The highest BCUT2D eigenvalue weighted by Gasteiger charge is 2.40. The fraction of sp³-hybridized carbons (Fsp3) is 0.250. The Labute approximate surface area is 331 Å². The van der Waals surface area contributed by atoms with Gasteiger partial charge in [-0.3, -0.25) is 9.80 Å². The van der Waals surface area contributed by atoms with E-state index < -0.39 is 17.7 Å². The lowest BCUT2D eigenvalue weighted by molar-refractivity contribution is 0.0391. The highest BCUT2D eigenvalue weighted by atomic mass is 35.5. The predicted molar refractivity (Wildman–Crippen MR) is 225 cm³/mol. The number of hydrogen-bond donors (Lipinski definition) is 2. The third-order valence-corrected chi connectivity index (χ3v) is 10.9. The normalized spacial score (nSPS) is 17.7. The van der Waals surface area contributed by atoms with Crippen LogP contribution in [0.4, 0.5) is 8.78 Å². The van der Waals surface area contributed by atoms with Crippen LogP contribution in [-0.2, 0) is 0 Å². The predicted octanol–water partition coefficient (Wildman–Crippen LogP) is 11.3. The number of hydrogen-bond acceptors (Lipinski definition) is 4. The largest absolute Gasteiger partial charge is 0.323 e. The van der Waals surface area contributed by atoms with Gasteiger partial charge in [0.25, 0.3) is 0 Å². The van der Waals surface area contributed by atoms with Crippen LogP contribution in [0.3, 0.4) is 0 Å². The minimum atomic E-state index is -0.589. The van der Waals surface area contributed by atoms with Crippen LogP contribution < -0.4 is 11.5 Å². The van der Waals surface area contributed by atoms with Crippen LogP contribution in [0, 0.1) is 11.6 Å². The van der Waals surface area contributed by atoms with Gasteiger partial charge in [-0.2, -0.15) is 0 Å². The van der Waals surface area contributed by atoms with Crippen LogP contribution in [-0.4, -0.2) is 35.0 Å². The molecule has 2 aliphatic heterocycles. The fourth-order valence-electron chi connectivity index (χ4n) is 7.86. The van der Waals surface area contributed by atoms with E-state index in [2.05, 4.69) is 94.7 Å². The van der Waals surface area contributed by atoms with Crippen molar-refractivity contribution < 1.29 is 8.78 Å². The molecule has 4 N–H and O–H groups in total. The van der Waals surface area contributed by atoms with E-state index in [4.69, 9.17) is 23.1 Å². The summed E-state index contributed by atoms with van der Waals surface area (Å²) in [5.74, 6) is -1.18. The molecule has 0 radical (unpaired) electrons. The van der Waals surface area contributed by atoms with Crippen LogP contribution in [0.1, 0.15) is 85.2 Å². The highest BCUT2D eigenvalue weighted by Crippen LogP contribution is 2.41. The molecule has 2 unspecified atom stereocenters. The SMILES string of the molecule is C.C.NC(c1ccc(Cl)cc1)C1CCN1C(c1ccccc1)c1ccccc1.N[C@@H](c1cc(F)cc(F)c1)[C@@H]1CCN1C(c1ccccc1)c1ccccc1. The maximum Gasteiger partial charge on any atom is 0.126 e. The van der Waals surface area contributed by atoms with Gasteiger partial charge in [0.1, 0.15) is 11.6 Å². The molecule has 2 aliphatic rings. The van der Waals surface area contributed by atoms with Gasteiger partial charge >= 0.3 is 0 Å². The third kappa shape index (κ3) is 9.58. The molecule has 2 fully saturated rings. The summed E-state index contributed by atoms with van der Waals surface area (Å²) in [5.41, 5.74) is 19.7. The Kier molecular flexibility index (Phi) is 14.5. The molecular formula is C48H53ClF2N4. The first-order valence-electron chi connectivity index (χ1n) is 18.3. The van der Waals surface area contributed by atoms with E-state index in [0.717, 1.165) is 42.6 Å². The van der Waals surface area contributed by atoms with Crippen molar-refractivity contribution in [1.29, 1.82) is 0 Å². The van der Waals surface area contributed by atoms with Gasteiger partial charge in [-0.05, 0) is 70.5 Å². The number of likely N-dealkylation sites (tertiary alicyclic amines) is 2. The smallest absolute Gasteiger partial charge is 0.126 e. The van der Waals surface area contributed by atoms with Crippen molar-refractivity contribution in [2.75, 3.05) is 13.1 Å². The number of halogens is 3. The average Bonchev–Trinajstić information content (AvgIpc) is 3.16. The zero-order valence-corrected chi connectivity index (χ0v) is 30.3. The molecule has 4 nitrogen and oxygen atoms in total. The Morgan fingerprint density at radius 3 is 1.09 bits per heavy atom. The quantitative estimate of drug-likeness (QED) is 0.146. The zero-order chi connectivity index (χ0) is 36.7. The van der Waals surface area contributed by atoms with Gasteiger partial charge in [0.15, 0.2) is 0 Å². The van der Waals surface area contributed by atoms with Crippen LogP contribution in [0.2, 0.25) is 5.02 Å². The van der Waals surface area contributed by atoms with Crippen LogP contribution in [0.5, 0.6) is 0 Å². The molecule has 0 spiro atoms. The lowest BCUT2D eigenvalue weighted by Crippen LogP contribution is -2.54. The van der Waals surface area contributed by atoms with Crippen molar-refractivity contribution in [3.05, 3.63) is 214 Å². The molecule has 8 rings (SSSR count). The van der Waals surface area contributed by atoms with Gasteiger partial charge in [-0.25, -0.2) is 8.78 Å². The second-order valence-electron chi connectivity index (χ2n) is 13.9. The van der Waals surface area contributed by atoms with Crippen molar-refractivity contribution >= 4 is 11.6 Å². The molecule has 0 aromatic heterocycles. The maximum absolute atomic E-state index is 13.7. The lowest BCUT2D eigenvalue weighted by atomic mass is 9.85. The van der Waals surface area contributed by atoms with E-state index in [0.29, 0.717) is 11.6 Å². The van der Waals surface area contributed by atoms with Crippen molar-refractivity contribution in [3.8, 4) is 0 Å². The molecule has 0 aliphatic carbocycles. The molecule has 0 amide bonds. The molecule has 2 saturated heterocycles. The lowest BCUT2D eigenvalue weighted by Gasteiger charge is -2.49. The molecular weight excluding hydrogens is 706 g/mol. The minimum Gasteiger partial charge on any atom is -0.323 e. The van der Waals surface area contributed by atoms with Crippen LogP contribution in [0.25, 0.3) is 0 Å². The van der Waals surface area contributed by atoms with Crippen LogP contribution in [0.15, 0.2) is 164 Å². The molecule has 6 aromatic rings. The van der Waals surface area contributed by atoms with Crippen molar-refractivity contribution in [2.24, 2.45) is 11.5 Å². The van der Waals surface area contributed by atoms with Crippen LogP contribution >= 0.6 is 11.6 Å². The van der Waals surface area contributed by atoms with Crippen molar-refractivity contribution in [3.63, 3.8) is 0 Å². The van der Waals surface area contributed by atoms with Gasteiger partial charge in [0, 0.05) is 48.3 Å². The molecule has 4 atom stereocenters. The summed E-state index contributed by atoms with van der Waals surface area (Å²) in [5, 5.41) is 0.748. The number of nitrogens with zero attached hydrogens (tertiary/aromatic N) is 2. The minimum absolute atomic E-state index is 0. The van der Waals surface area contributed by atoms with E-state index in [-0.39, 0.29) is 39.0 Å². The molecule has 2 heterocycles. The first-order chi connectivity index (χ1) is 25.9. The van der Waals surface area contributed by atoms with Gasteiger partial charge < -0.3 is 11.5 Å². The molecule has 0 bridgehead atoms. The second-order valence-corrected chi connectivity index (χ2v) is 14.4. The fourth-order valence-corrected chi connectivity index (χ4v) is 7.98. The average molecular weight is 759 g/mol. The van der Waals surface area contributed by atoms with E-state index >= 15 is 0 Å². The van der Waals surface area contributed by atoms with Gasteiger partial charge in [-0.15, -0.1) is 0 Å².